The molecule has 0 amide bonds. The van der Waals surface area contributed by atoms with Gasteiger partial charge in [-0.1, -0.05) is 36.4 Å². The molecule has 1 unspecified atom stereocenters. The Morgan fingerprint density at radius 3 is 2.26 bits per heavy atom. The number of fused-ring (bicyclic) bond motifs is 1. The maximum atomic E-state index is 12.9. The van der Waals surface area contributed by atoms with Crippen molar-refractivity contribution in [1.29, 1.82) is 0 Å². The lowest BCUT2D eigenvalue weighted by molar-refractivity contribution is 0.566. The van der Waals surface area contributed by atoms with Crippen LogP contribution in [0, 0.1) is 5.82 Å². The van der Waals surface area contributed by atoms with E-state index in [-0.39, 0.29) is 4.90 Å². The van der Waals surface area contributed by atoms with E-state index < -0.39 is 21.9 Å². The first-order valence-electron chi connectivity index (χ1n) is 7.22. The first-order chi connectivity index (χ1) is 11.0. The Labute approximate surface area is 134 Å². The van der Waals surface area contributed by atoms with Crippen molar-refractivity contribution in [3.63, 3.8) is 0 Å². The third-order valence-electron chi connectivity index (χ3n) is 3.73. The van der Waals surface area contributed by atoms with Crippen molar-refractivity contribution in [1.82, 2.24) is 4.72 Å². The number of rotatable bonds is 4. The van der Waals surface area contributed by atoms with Gasteiger partial charge in [0.05, 0.1) is 4.90 Å². The molecule has 0 saturated carbocycles. The molecule has 0 aliphatic rings. The predicted molar refractivity (Wildman–Crippen MR) is 89.1 cm³/mol. The van der Waals surface area contributed by atoms with Crippen molar-refractivity contribution in [2.24, 2.45) is 0 Å². The highest BCUT2D eigenvalue weighted by Gasteiger charge is 2.18. The molecule has 0 aliphatic carbocycles. The molecule has 0 spiro atoms. The van der Waals surface area contributed by atoms with Crippen LogP contribution in [0.3, 0.4) is 0 Å². The summed E-state index contributed by atoms with van der Waals surface area (Å²) in [7, 11) is -3.69. The summed E-state index contributed by atoms with van der Waals surface area (Å²) in [5, 5.41) is 2.16. The van der Waals surface area contributed by atoms with Gasteiger partial charge in [0.1, 0.15) is 5.82 Å². The summed E-state index contributed by atoms with van der Waals surface area (Å²) < 4.78 is 40.3. The smallest absolute Gasteiger partial charge is 0.207 e. The van der Waals surface area contributed by atoms with Gasteiger partial charge in [-0.3, -0.25) is 0 Å². The van der Waals surface area contributed by atoms with Crippen molar-refractivity contribution >= 4 is 20.8 Å². The highest BCUT2D eigenvalue weighted by atomic mass is 32.2. The molecule has 3 nitrogen and oxygen atoms in total. The Hall–Kier alpha value is -2.24. The molecule has 0 aromatic heterocycles. The monoisotopic (exact) mass is 329 g/mol. The standard InChI is InChI=1S/C18H16FNO2S/c1-13(15-7-6-14-4-2-3-5-16(14)12-15)20-23(21,22)18-10-8-17(19)9-11-18/h2-13,20H,1H3. The van der Waals surface area contributed by atoms with Crippen LogP contribution in [0.1, 0.15) is 18.5 Å². The van der Waals surface area contributed by atoms with Crippen LogP contribution < -0.4 is 4.72 Å². The van der Waals surface area contributed by atoms with Gasteiger partial charge in [0.2, 0.25) is 10.0 Å². The third-order valence-corrected chi connectivity index (χ3v) is 5.29. The van der Waals surface area contributed by atoms with Gasteiger partial charge in [0.25, 0.3) is 0 Å². The summed E-state index contributed by atoms with van der Waals surface area (Å²) in [6, 6.07) is 18.1. The molecule has 23 heavy (non-hydrogen) atoms. The highest BCUT2D eigenvalue weighted by Crippen LogP contribution is 2.22. The molecule has 3 aromatic rings. The highest BCUT2D eigenvalue weighted by molar-refractivity contribution is 7.89. The van der Waals surface area contributed by atoms with Crippen LogP contribution in [0.5, 0.6) is 0 Å². The molecule has 1 N–H and O–H groups in total. The zero-order valence-electron chi connectivity index (χ0n) is 12.5. The van der Waals surface area contributed by atoms with E-state index in [1.807, 2.05) is 42.5 Å². The molecule has 3 aromatic carbocycles. The van der Waals surface area contributed by atoms with Crippen LogP contribution >= 0.6 is 0 Å². The van der Waals surface area contributed by atoms with Crippen molar-refractivity contribution < 1.29 is 12.8 Å². The summed E-state index contributed by atoms with van der Waals surface area (Å²) in [5.74, 6) is -0.466. The minimum atomic E-state index is -3.69. The molecule has 0 aliphatic heterocycles. The van der Waals surface area contributed by atoms with Gasteiger partial charge >= 0.3 is 0 Å². The molecule has 0 heterocycles. The van der Waals surface area contributed by atoms with E-state index in [0.717, 1.165) is 28.5 Å². The zero-order chi connectivity index (χ0) is 16.4. The lowest BCUT2D eigenvalue weighted by atomic mass is 10.0. The van der Waals surface area contributed by atoms with E-state index in [4.69, 9.17) is 0 Å². The van der Waals surface area contributed by atoms with E-state index in [1.165, 1.54) is 12.1 Å². The summed E-state index contributed by atoms with van der Waals surface area (Å²) >= 11 is 0. The Morgan fingerprint density at radius 1 is 0.913 bits per heavy atom. The molecular weight excluding hydrogens is 313 g/mol. The van der Waals surface area contributed by atoms with E-state index in [9.17, 15) is 12.8 Å². The fourth-order valence-electron chi connectivity index (χ4n) is 2.46. The summed E-state index contributed by atoms with van der Waals surface area (Å²) in [5.41, 5.74) is 0.870. The fraction of sp³-hybridized carbons (Fsp3) is 0.111. The predicted octanol–water partition coefficient (Wildman–Crippen LogP) is 4.02. The van der Waals surface area contributed by atoms with Gasteiger partial charge in [-0.2, -0.15) is 0 Å². The molecule has 0 radical (unpaired) electrons. The molecule has 0 fully saturated rings. The molecule has 118 valence electrons. The average Bonchev–Trinajstić information content (AvgIpc) is 2.54. The topological polar surface area (TPSA) is 46.2 Å². The molecule has 1 atom stereocenters. The SMILES string of the molecule is CC(NS(=O)(=O)c1ccc(F)cc1)c1ccc2ccccc2c1. The fourth-order valence-corrected chi connectivity index (χ4v) is 3.69. The van der Waals surface area contributed by atoms with Gasteiger partial charge in [0, 0.05) is 6.04 Å². The van der Waals surface area contributed by atoms with Crippen LogP contribution in [-0.2, 0) is 10.0 Å². The largest absolute Gasteiger partial charge is 0.241 e. The molecular formula is C18H16FNO2S. The van der Waals surface area contributed by atoms with Gasteiger partial charge < -0.3 is 0 Å². The molecule has 3 rings (SSSR count). The Bertz CT molecular complexity index is 937. The summed E-state index contributed by atoms with van der Waals surface area (Å²) in [6.07, 6.45) is 0. The Morgan fingerprint density at radius 2 is 1.57 bits per heavy atom. The quantitative estimate of drug-likeness (QED) is 0.786. The molecule has 5 heteroatoms. The first-order valence-corrected chi connectivity index (χ1v) is 8.71. The van der Waals surface area contributed by atoms with Crippen molar-refractivity contribution in [2.75, 3.05) is 0 Å². The van der Waals surface area contributed by atoms with Crippen molar-refractivity contribution in [2.45, 2.75) is 17.9 Å². The number of hydrogen-bond donors (Lipinski definition) is 1. The minimum absolute atomic E-state index is 0.0477. The minimum Gasteiger partial charge on any atom is -0.207 e. The van der Waals surface area contributed by atoms with Gasteiger partial charge in [-0.05, 0) is 53.6 Å². The maximum Gasteiger partial charge on any atom is 0.241 e. The lowest BCUT2D eigenvalue weighted by Gasteiger charge is -2.15. The van der Waals surface area contributed by atoms with Crippen molar-refractivity contribution in [3.05, 3.63) is 78.1 Å². The second-order valence-corrected chi connectivity index (χ2v) is 7.12. The van der Waals surface area contributed by atoms with E-state index in [1.54, 1.807) is 6.92 Å². The van der Waals surface area contributed by atoms with E-state index in [2.05, 4.69) is 4.72 Å². The van der Waals surface area contributed by atoms with Crippen LogP contribution in [0.2, 0.25) is 0 Å². The van der Waals surface area contributed by atoms with Gasteiger partial charge in [-0.25, -0.2) is 17.5 Å². The zero-order valence-corrected chi connectivity index (χ0v) is 13.3. The second-order valence-electron chi connectivity index (χ2n) is 5.40. The molecule has 0 bridgehead atoms. The van der Waals surface area contributed by atoms with Gasteiger partial charge in [0.15, 0.2) is 0 Å². The van der Waals surface area contributed by atoms with Crippen LogP contribution in [0.15, 0.2) is 71.6 Å². The second kappa shape index (κ2) is 6.10. The van der Waals surface area contributed by atoms with E-state index in [0.29, 0.717) is 0 Å². The lowest BCUT2D eigenvalue weighted by Crippen LogP contribution is -2.26. The van der Waals surface area contributed by atoms with Gasteiger partial charge in [-0.15, -0.1) is 0 Å². The summed E-state index contributed by atoms with van der Waals surface area (Å²) in [6.45, 7) is 1.78. The number of halogens is 1. The normalized spacial score (nSPS) is 13.1. The first kappa shape index (κ1) is 15.6. The van der Waals surface area contributed by atoms with Crippen LogP contribution in [0.4, 0.5) is 4.39 Å². The van der Waals surface area contributed by atoms with E-state index >= 15 is 0 Å². The van der Waals surface area contributed by atoms with Crippen LogP contribution in [-0.4, -0.2) is 8.42 Å². The summed E-state index contributed by atoms with van der Waals surface area (Å²) in [4.78, 5) is 0.0477. The average molecular weight is 329 g/mol. The molecule has 0 saturated heterocycles. The number of sulfonamides is 1. The maximum absolute atomic E-state index is 12.9. The number of hydrogen-bond acceptors (Lipinski definition) is 2. The third kappa shape index (κ3) is 3.41. The Balaban J connectivity index is 1.87. The number of benzene rings is 3. The van der Waals surface area contributed by atoms with Crippen LogP contribution in [0.25, 0.3) is 10.8 Å². The number of nitrogens with one attached hydrogen (secondary N) is 1. The Kier molecular flexibility index (Phi) is 4.15. The van der Waals surface area contributed by atoms with Crippen molar-refractivity contribution in [3.8, 4) is 0 Å².